The van der Waals surface area contributed by atoms with Crippen LogP contribution < -0.4 is 5.32 Å². The third kappa shape index (κ3) is 2.90. The van der Waals surface area contributed by atoms with Crippen LogP contribution >= 0.6 is 0 Å². The van der Waals surface area contributed by atoms with Crippen molar-refractivity contribution in [2.75, 3.05) is 13.1 Å². The Bertz CT molecular complexity index is 222. The Kier molecular flexibility index (Phi) is 4.05. The molecule has 0 aromatic rings. The van der Waals surface area contributed by atoms with E-state index < -0.39 is 0 Å². The van der Waals surface area contributed by atoms with Crippen LogP contribution in [0, 0.1) is 24.2 Å². The van der Waals surface area contributed by atoms with E-state index in [1.807, 2.05) is 0 Å². The Morgan fingerprint density at radius 2 is 2.46 bits per heavy atom. The zero-order chi connectivity index (χ0) is 9.68. The second-order valence-electron chi connectivity index (χ2n) is 3.94. The molecule has 0 fully saturated rings. The van der Waals surface area contributed by atoms with Crippen molar-refractivity contribution in [1.29, 1.82) is 0 Å². The van der Waals surface area contributed by atoms with E-state index in [1.165, 1.54) is 18.4 Å². The summed E-state index contributed by atoms with van der Waals surface area (Å²) in [5.74, 6) is 4.10. The van der Waals surface area contributed by atoms with Crippen LogP contribution in [-0.2, 0) is 0 Å². The molecule has 1 heteroatoms. The minimum Gasteiger partial charge on any atom is -0.306 e. The van der Waals surface area contributed by atoms with E-state index in [0.29, 0.717) is 12.5 Å². The minimum atomic E-state index is 0.691. The lowest BCUT2D eigenvalue weighted by Crippen LogP contribution is -2.29. The maximum absolute atomic E-state index is 5.19. The third-order valence-corrected chi connectivity index (χ3v) is 2.95. The predicted octanol–water partition coefficient (Wildman–Crippen LogP) is 2.20. The Labute approximate surface area is 81.6 Å². The average molecular weight is 177 g/mol. The van der Waals surface area contributed by atoms with E-state index in [4.69, 9.17) is 6.42 Å². The molecule has 0 heterocycles. The lowest BCUT2D eigenvalue weighted by atomic mass is 9.80. The van der Waals surface area contributed by atoms with Gasteiger partial charge >= 0.3 is 0 Å². The fraction of sp³-hybridized carbons (Fsp3) is 0.667. The van der Waals surface area contributed by atoms with Gasteiger partial charge in [0.15, 0.2) is 0 Å². The van der Waals surface area contributed by atoms with Gasteiger partial charge in [0.2, 0.25) is 0 Å². The third-order valence-electron chi connectivity index (χ3n) is 2.95. The first-order valence-electron chi connectivity index (χ1n) is 5.06. The van der Waals surface area contributed by atoms with E-state index in [9.17, 15) is 0 Å². The first-order chi connectivity index (χ1) is 6.25. The van der Waals surface area contributed by atoms with Crippen LogP contribution in [0.25, 0.3) is 0 Å². The molecule has 0 saturated carbocycles. The smallest absolute Gasteiger partial charge is 0.0574 e. The SMILES string of the molecule is C#CCNCC1C(C)=CCCC1C. The first-order valence-corrected chi connectivity index (χ1v) is 5.06. The standard InChI is InChI=1S/C12H19N/c1-4-8-13-9-12-10(2)6-5-7-11(12)3/h1,6,11-13H,5,7-9H2,2-3H3. The van der Waals surface area contributed by atoms with Gasteiger partial charge in [-0.3, -0.25) is 0 Å². The van der Waals surface area contributed by atoms with Crippen LogP contribution in [-0.4, -0.2) is 13.1 Å². The Morgan fingerprint density at radius 1 is 1.69 bits per heavy atom. The summed E-state index contributed by atoms with van der Waals surface area (Å²) in [4.78, 5) is 0. The van der Waals surface area contributed by atoms with Crippen molar-refractivity contribution in [3.05, 3.63) is 11.6 Å². The Morgan fingerprint density at radius 3 is 3.08 bits per heavy atom. The molecule has 0 spiro atoms. The molecule has 0 aromatic carbocycles. The largest absolute Gasteiger partial charge is 0.306 e. The molecule has 2 unspecified atom stereocenters. The summed E-state index contributed by atoms with van der Waals surface area (Å²) in [6.45, 7) is 6.29. The van der Waals surface area contributed by atoms with Gasteiger partial charge in [-0.15, -0.1) is 6.42 Å². The van der Waals surface area contributed by atoms with Crippen molar-refractivity contribution in [2.45, 2.75) is 26.7 Å². The quantitative estimate of drug-likeness (QED) is 0.396. The van der Waals surface area contributed by atoms with Gasteiger partial charge < -0.3 is 5.32 Å². The summed E-state index contributed by atoms with van der Waals surface area (Å²) in [6, 6.07) is 0. The van der Waals surface area contributed by atoms with Gasteiger partial charge in [0.25, 0.3) is 0 Å². The van der Waals surface area contributed by atoms with Crippen molar-refractivity contribution >= 4 is 0 Å². The van der Waals surface area contributed by atoms with Crippen LogP contribution in [0.2, 0.25) is 0 Å². The molecule has 1 N–H and O–H groups in total. The summed E-state index contributed by atoms with van der Waals surface area (Å²) in [5.41, 5.74) is 1.53. The first kappa shape index (κ1) is 10.3. The molecule has 1 rings (SSSR count). The summed E-state index contributed by atoms with van der Waals surface area (Å²) in [6.07, 6.45) is 10.1. The molecule has 0 amide bonds. The van der Waals surface area contributed by atoms with E-state index in [1.54, 1.807) is 0 Å². The maximum atomic E-state index is 5.19. The van der Waals surface area contributed by atoms with Gasteiger partial charge in [0.1, 0.15) is 0 Å². The minimum absolute atomic E-state index is 0.691. The molecule has 1 aliphatic carbocycles. The monoisotopic (exact) mass is 177 g/mol. The summed E-state index contributed by atoms with van der Waals surface area (Å²) >= 11 is 0. The van der Waals surface area contributed by atoms with Gasteiger partial charge in [-0.2, -0.15) is 0 Å². The molecular formula is C12H19N. The molecular weight excluding hydrogens is 158 g/mol. The molecule has 0 radical (unpaired) electrons. The summed E-state index contributed by atoms with van der Waals surface area (Å²) < 4.78 is 0. The fourth-order valence-electron chi connectivity index (χ4n) is 2.04. The van der Waals surface area contributed by atoms with Crippen molar-refractivity contribution < 1.29 is 0 Å². The van der Waals surface area contributed by atoms with Crippen molar-refractivity contribution in [1.82, 2.24) is 5.32 Å². The lowest BCUT2D eigenvalue weighted by Gasteiger charge is -2.28. The molecule has 0 saturated heterocycles. The number of rotatable bonds is 3. The number of hydrogen-bond acceptors (Lipinski definition) is 1. The second kappa shape index (κ2) is 5.09. The molecule has 72 valence electrons. The molecule has 0 aromatic heterocycles. The normalized spacial score (nSPS) is 27.9. The van der Waals surface area contributed by atoms with Gasteiger partial charge in [0, 0.05) is 6.54 Å². The predicted molar refractivity (Wildman–Crippen MR) is 57.3 cm³/mol. The second-order valence-corrected chi connectivity index (χ2v) is 3.94. The van der Waals surface area contributed by atoms with E-state index in [-0.39, 0.29) is 0 Å². The number of nitrogens with one attached hydrogen (secondary N) is 1. The van der Waals surface area contributed by atoms with Crippen LogP contribution in [0.1, 0.15) is 26.7 Å². The number of allylic oxidation sites excluding steroid dienone is 1. The molecule has 1 nitrogen and oxygen atoms in total. The van der Waals surface area contributed by atoms with Crippen LogP contribution in [0.3, 0.4) is 0 Å². The van der Waals surface area contributed by atoms with Crippen LogP contribution in [0.15, 0.2) is 11.6 Å². The highest BCUT2D eigenvalue weighted by atomic mass is 14.8. The Balaban J connectivity index is 2.41. The van der Waals surface area contributed by atoms with Gasteiger partial charge in [0.05, 0.1) is 6.54 Å². The molecule has 1 aliphatic rings. The topological polar surface area (TPSA) is 12.0 Å². The van der Waals surface area contributed by atoms with Gasteiger partial charge in [-0.05, 0) is 31.6 Å². The Hall–Kier alpha value is -0.740. The fourth-order valence-corrected chi connectivity index (χ4v) is 2.04. The summed E-state index contributed by atoms with van der Waals surface area (Å²) in [5, 5.41) is 3.29. The summed E-state index contributed by atoms with van der Waals surface area (Å²) in [7, 11) is 0. The number of hydrogen-bond donors (Lipinski definition) is 1. The van der Waals surface area contributed by atoms with Crippen LogP contribution in [0.4, 0.5) is 0 Å². The van der Waals surface area contributed by atoms with Gasteiger partial charge in [-0.1, -0.05) is 24.5 Å². The van der Waals surface area contributed by atoms with E-state index in [0.717, 1.165) is 12.5 Å². The van der Waals surface area contributed by atoms with E-state index >= 15 is 0 Å². The van der Waals surface area contributed by atoms with Crippen molar-refractivity contribution in [3.8, 4) is 12.3 Å². The van der Waals surface area contributed by atoms with Crippen molar-refractivity contribution in [2.24, 2.45) is 11.8 Å². The highest BCUT2D eigenvalue weighted by Gasteiger charge is 2.20. The lowest BCUT2D eigenvalue weighted by molar-refractivity contribution is 0.355. The highest BCUT2D eigenvalue weighted by molar-refractivity contribution is 5.09. The zero-order valence-corrected chi connectivity index (χ0v) is 8.64. The van der Waals surface area contributed by atoms with Crippen molar-refractivity contribution in [3.63, 3.8) is 0 Å². The zero-order valence-electron chi connectivity index (χ0n) is 8.64. The molecule has 2 atom stereocenters. The molecule has 0 aliphatic heterocycles. The maximum Gasteiger partial charge on any atom is 0.0574 e. The number of terminal acetylenes is 1. The van der Waals surface area contributed by atoms with Gasteiger partial charge in [-0.25, -0.2) is 0 Å². The highest BCUT2D eigenvalue weighted by Crippen LogP contribution is 2.29. The van der Waals surface area contributed by atoms with Crippen LogP contribution in [0.5, 0.6) is 0 Å². The molecule has 0 bridgehead atoms. The van der Waals surface area contributed by atoms with E-state index in [2.05, 4.69) is 31.2 Å². The average Bonchev–Trinajstić information content (AvgIpc) is 2.10. The molecule has 13 heavy (non-hydrogen) atoms.